The Labute approximate surface area is 134 Å². The van der Waals surface area contributed by atoms with Gasteiger partial charge in [-0.1, -0.05) is 29.3 Å². The Morgan fingerprint density at radius 3 is 2.71 bits per heavy atom. The standard InChI is InChI=1S/C14H10Cl2FN3S/c15-10-4-9(17)5-11(16)14(10)18-6-8-7-19-20-13(8)12-2-1-3-21-12/h1-5,7,18H,6H2,(H,19,20). The monoisotopic (exact) mass is 341 g/mol. The maximum atomic E-state index is 13.2. The van der Waals surface area contributed by atoms with E-state index in [-0.39, 0.29) is 10.0 Å². The highest BCUT2D eigenvalue weighted by atomic mass is 35.5. The average Bonchev–Trinajstić information content (AvgIpc) is 3.07. The van der Waals surface area contributed by atoms with Crippen molar-refractivity contribution in [2.75, 3.05) is 5.32 Å². The molecule has 0 bridgehead atoms. The van der Waals surface area contributed by atoms with Crippen molar-refractivity contribution in [1.82, 2.24) is 10.2 Å². The summed E-state index contributed by atoms with van der Waals surface area (Å²) in [7, 11) is 0. The number of benzene rings is 1. The van der Waals surface area contributed by atoms with Crippen LogP contribution in [-0.4, -0.2) is 10.2 Å². The molecule has 0 fully saturated rings. The van der Waals surface area contributed by atoms with Gasteiger partial charge in [0.15, 0.2) is 0 Å². The second-order valence-corrected chi connectivity index (χ2v) is 6.11. The van der Waals surface area contributed by atoms with Gasteiger partial charge in [-0.05, 0) is 23.6 Å². The minimum Gasteiger partial charge on any atom is -0.378 e. The third kappa shape index (κ3) is 3.05. The fraction of sp³-hybridized carbons (Fsp3) is 0.0714. The van der Waals surface area contributed by atoms with Crippen molar-refractivity contribution >= 4 is 40.2 Å². The number of aromatic amines is 1. The largest absolute Gasteiger partial charge is 0.378 e. The minimum atomic E-state index is -0.460. The lowest BCUT2D eigenvalue weighted by Crippen LogP contribution is -2.01. The molecule has 3 aromatic rings. The maximum Gasteiger partial charge on any atom is 0.126 e. The van der Waals surface area contributed by atoms with Gasteiger partial charge in [0.1, 0.15) is 5.82 Å². The smallest absolute Gasteiger partial charge is 0.126 e. The first-order chi connectivity index (χ1) is 10.1. The van der Waals surface area contributed by atoms with Gasteiger partial charge < -0.3 is 5.32 Å². The zero-order chi connectivity index (χ0) is 14.8. The normalized spacial score (nSPS) is 10.8. The van der Waals surface area contributed by atoms with Gasteiger partial charge in [0.2, 0.25) is 0 Å². The molecule has 2 N–H and O–H groups in total. The van der Waals surface area contributed by atoms with E-state index in [0.29, 0.717) is 12.2 Å². The van der Waals surface area contributed by atoms with Crippen LogP contribution >= 0.6 is 34.5 Å². The molecule has 0 radical (unpaired) electrons. The molecule has 3 nitrogen and oxygen atoms in total. The number of halogens is 3. The Morgan fingerprint density at radius 1 is 1.29 bits per heavy atom. The Hall–Kier alpha value is -1.56. The summed E-state index contributed by atoms with van der Waals surface area (Å²) in [6.45, 7) is 0.481. The summed E-state index contributed by atoms with van der Waals surface area (Å²) in [5.74, 6) is -0.460. The molecule has 2 heterocycles. The van der Waals surface area contributed by atoms with Gasteiger partial charge in [-0.2, -0.15) is 5.10 Å². The molecule has 7 heteroatoms. The van der Waals surface area contributed by atoms with Crippen LogP contribution in [0.4, 0.5) is 10.1 Å². The van der Waals surface area contributed by atoms with Crippen molar-refractivity contribution in [3.63, 3.8) is 0 Å². The summed E-state index contributed by atoms with van der Waals surface area (Å²) in [4.78, 5) is 1.10. The molecular formula is C14H10Cl2FN3S. The van der Waals surface area contributed by atoms with Crippen LogP contribution in [-0.2, 0) is 6.54 Å². The van der Waals surface area contributed by atoms with E-state index in [1.807, 2.05) is 17.5 Å². The van der Waals surface area contributed by atoms with Crippen LogP contribution in [0.15, 0.2) is 35.8 Å². The Morgan fingerprint density at radius 2 is 2.05 bits per heavy atom. The second-order valence-electron chi connectivity index (χ2n) is 4.35. The van der Waals surface area contributed by atoms with Crippen molar-refractivity contribution in [3.8, 4) is 10.6 Å². The highest BCUT2D eigenvalue weighted by molar-refractivity contribution is 7.13. The number of H-pyrrole nitrogens is 1. The first-order valence-electron chi connectivity index (χ1n) is 6.09. The van der Waals surface area contributed by atoms with Gasteiger partial charge in [0.25, 0.3) is 0 Å². The molecular weight excluding hydrogens is 332 g/mol. The molecule has 0 spiro atoms. The van der Waals surface area contributed by atoms with E-state index in [9.17, 15) is 4.39 Å². The van der Waals surface area contributed by atoms with Gasteiger partial charge in [0, 0.05) is 12.1 Å². The first-order valence-corrected chi connectivity index (χ1v) is 7.73. The molecule has 0 atom stereocenters. The molecule has 0 unspecified atom stereocenters. The van der Waals surface area contributed by atoms with Gasteiger partial charge in [0.05, 0.1) is 32.5 Å². The Kier molecular flexibility index (Phi) is 4.14. The van der Waals surface area contributed by atoms with Crippen LogP contribution in [0.1, 0.15) is 5.56 Å². The lowest BCUT2D eigenvalue weighted by atomic mass is 10.2. The molecule has 3 rings (SSSR count). The van der Waals surface area contributed by atoms with Crippen LogP contribution in [0.3, 0.4) is 0 Å². The highest BCUT2D eigenvalue weighted by Gasteiger charge is 2.12. The van der Waals surface area contributed by atoms with Crippen molar-refractivity contribution < 1.29 is 4.39 Å². The molecule has 0 aliphatic carbocycles. The molecule has 1 aromatic carbocycles. The van der Waals surface area contributed by atoms with E-state index < -0.39 is 5.82 Å². The van der Waals surface area contributed by atoms with E-state index in [2.05, 4.69) is 15.5 Å². The van der Waals surface area contributed by atoms with Crippen LogP contribution in [0.5, 0.6) is 0 Å². The third-order valence-electron chi connectivity index (χ3n) is 2.95. The van der Waals surface area contributed by atoms with Crippen molar-refractivity contribution in [2.24, 2.45) is 0 Å². The predicted octanol–water partition coefficient (Wildman–Crippen LogP) is 5.20. The third-order valence-corrected chi connectivity index (χ3v) is 4.43. The van der Waals surface area contributed by atoms with Gasteiger partial charge >= 0.3 is 0 Å². The summed E-state index contributed by atoms with van der Waals surface area (Å²) in [6.07, 6.45) is 1.74. The molecule has 2 aromatic heterocycles. The fourth-order valence-corrected chi connectivity index (χ4v) is 3.32. The van der Waals surface area contributed by atoms with Gasteiger partial charge in [-0.3, -0.25) is 5.10 Å². The Balaban J connectivity index is 1.82. The van der Waals surface area contributed by atoms with Gasteiger partial charge in [-0.25, -0.2) is 4.39 Å². The number of nitrogens with zero attached hydrogens (tertiary/aromatic N) is 1. The lowest BCUT2D eigenvalue weighted by molar-refractivity contribution is 0.628. The lowest BCUT2D eigenvalue weighted by Gasteiger charge is -2.10. The van der Waals surface area contributed by atoms with E-state index in [0.717, 1.165) is 16.1 Å². The number of rotatable bonds is 4. The van der Waals surface area contributed by atoms with Crippen LogP contribution in [0.25, 0.3) is 10.6 Å². The number of aromatic nitrogens is 2. The van der Waals surface area contributed by atoms with Crippen LogP contribution < -0.4 is 5.32 Å². The summed E-state index contributed by atoms with van der Waals surface area (Å²) < 4.78 is 13.2. The zero-order valence-electron chi connectivity index (χ0n) is 10.7. The maximum absolute atomic E-state index is 13.2. The quantitative estimate of drug-likeness (QED) is 0.684. The van der Waals surface area contributed by atoms with E-state index in [1.165, 1.54) is 12.1 Å². The Bertz CT molecular complexity index is 732. The first kappa shape index (κ1) is 14.4. The molecule has 0 aliphatic heterocycles. The predicted molar refractivity (Wildman–Crippen MR) is 85.6 cm³/mol. The fourth-order valence-electron chi connectivity index (χ4n) is 1.97. The van der Waals surface area contributed by atoms with Crippen LogP contribution in [0, 0.1) is 5.82 Å². The van der Waals surface area contributed by atoms with Crippen molar-refractivity contribution in [2.45, 2.75) is 6.54 Å². The molecule has 108 valence electrons. The minimum absolute atomic E-state index is 0.251. The number of nitrogens with one attached hydrogen (secondary N) is 2. The molecule has 0 aliphatic rings. The summed E-state index contributed by atoms with van der Waals surface area (Å²) in [5, 5.41) is 12.7. The van der Waals surface area contributed by atoms with Crippen molar-refractivity contribution in [3.05, 3.63) is 57.3 Å². The summed E-state index contributed by atoms with van der Waals surface area (Å²) in [6, 6.07) is 6.45. The van der Waals surface area contributed by atoms with Gasteiger partial charge in [-0.15, -0.1) is 11.3 Å². The number of hydrogen-bond acceptors (Lipinski definition) is 3. The molecule has 0 amide bonds. The number of anilines is 1. The molecule has 0 saturated heterocycles. The highest BCUT2D eigenvalue weighted by Crippen LogP contribution is 2.32. The number of hydrogen-bond donors (Lipinski definition) is 2. The second kappa shape index (κ2) is 6.05. The summed E-state index contributed by atoms with van der Waals surface area (Å²) in [5.41, 5.74) is 2.44. The number of thiophene rings is 1. The van der Waals surface area contributed by atoms with Crippen LogP contribution in [0.2, 0.25) is 10.0 Å². The molecule has 0 saturated carbocycles. The zero-order valence-corrected chi connectivity index (χ0v) is 13.0. The topological polar surface area (TPSA) is 40.7 Å². The molecule has 21 heavy (non-hydrogen) atoms. The van der Waals surface area contributed by atoms with E-state index in [1.54, 1.807) is 17.5 Å². The summed E-state index contributed by atoms with van der Waals surface area (Å²) >= 11 is 13.6. The average molecular weight is 342 g/mol. The SMILES string of the molecule is Fc1cc(Cl)c(NCc2cn[nH]c2-c2cccs2)c(Cl)c1. The van der Waals surface area contributed by atoms with E-state index in [4.69, 9.17) is 23.2 Å². The van der Waals surface area contributed by atoms with E-state index >= 15 is 0 Å². The van der Waals surface area contributed by atoms with Crippen molar-refractivity contribution in [1.29, 1.82) is 0 Å².